The van der Waals surface area contributed by atoms with Gasteiger partial charge in [0.1, 0.15) is 5.75 Å². The summed E-state index contributed by atoms with van der Waals surface area (Å²) in [6.07, 6.45) is 0.489. The lowest BCUT2D eigenvalue weighted by Crippen LogP contribution is -2.35. The molecule has 0 radical (unpaired) electrons. The van der Waals surface area contributed by atoms with Crippen molar-refractivity contribution in [2.75, 3.05) is 41.3 Å². The Balaban J connectivity index is 2.72. The zero-order chi connectivity index (χ0) is 15.0. The maximum Gasteiger partial charge on any atom is 0.221 e. The minimum Gasteiger partial charge on any atom is -0.496 e. The van der Waals surface area contributed by atoms with Gasteiger partial charge in [0.15, 0.2) is 0 Å². The van der Waals surface area contributed by atoms with Gasteiger partial charge in [-0.1, -0.05) is 18.2 Å². The van der Waals surface area contributed by atoms with Crippen LogP contribution in [0.25, 0.3) is 0 Å². The fourth-order valence-corrected chi connectivity index (χ4v) is 2.05. The smallest absolute Gasteiger partial charge is 0.221 e. The monoisotopic (exact) mass is 279 g/mol. The number of ether oxygens (including phenoxy) is 1. The molecular weight excluding hydrogens is 254 g/mol. The highest BCUT2D eigenvalue weighted by Gasteiger charge is 2.18. The van der Waals surface area contributed by atoms with E-state index in [1.807, 2.05) is 45.4 Å². The Morgan fingerprint density at radius 1 is 1.35 bits per heavy atom. The lowest BCUT2D eigenvalue weighted by atomic mass is 10.0. The van der Waals surface area contributed by atoms with E-state index >= 15 is 0 Å². The standard InChI is InChI=1S/C15H25N3O2/c1-16-10-9-15(19)17-11-13(18(2)3)12-7-5-6-8-14(12)20-4/h5-8,13,16H,9-11H2,1-4H3,(H,17,19). The van der Waals surface area contributed by atoms with Crippen LogP contribution in [0.2, 0.25) is 0 Å². The van der Waals surface area contributed by atoms with Crippen LogP contribution in [0.3, 0.4) is 0 Å². The molecule has 20 heavy (non-hydrogen) atoms. The normalized spacial score (nSPS) is 12.2. The Kier molecular flexibility index (Phi) is 7.04. The molecule has 1 rings (SSSR count). The Hall–Kier alpha value is -1.59. The van der Waals surface area contributed by atoms with Crippen LogP contribution in [0.15, 0.2) is 24.3 Å². The SMILES string of the molecule is CNCCC(=O)NCC(c1ccccc1OC)N(C)C. The third-order valence-corrected chi connectivity index (χ3v) is 3.22. The number of benzene rings is 1. The molecule has 0 heterocycles. The molecule has 0 aromatic heterocycles. The second kappa shape index (κ2) is 8.55. The summed E-state index contributed by atoms with van der Waals surface area (Å²) in [5, 5.41) is 5.94. The van der Waals surface area contributed by atoms with Gasteiger partial charge in [0.25, 0.3) is 0 Å². The second-order valence-electron chi connectivity index (χ2n) is 4.88. The van der Waals surface area contributed by atoms with Crippen molar-refractivity contribution >= 4 is 5.91 Å². The van der Waals surface area contributed by atoms with Crippen LogP contribution in [-0.2, 0) is 4.79 Å². The summed E-state index contributed by atoms with van der Waals surface area (Å²) in [5.41, 5.74) is 1.08. The van der Waals surface area contributed by atoms with E-state index in [0.717, 1.165) is 11.3 Å². The van der Waals surface area contributed by atoms with Crippen LogP contribution in [0, 0.1) is 0 Å². The van der Waals surface area contributed by atoms with Crippen molar-refractivity contribution in [1.29, 1.82) is 0 Å². The zero-order valence-corrected chi connectivity index (χ0v) is 12.8. The Bertz CT molecular complexity index is 421. The molecule has 0 aliphatic carbocycles. The number of rotatable bonds is 8. The average Bonchev–Trinajstić information content (AvgIpc) is 2.45. The number of likely N-dealkylation sites (N-methyl/N-ethyl adjacent to an activating group) is 1. The molecule has 0 spiro atoms. The van der Waals surface area contributed by atoms with Crippen molar-refractivity contribution < 1.29 is 9.53 Å². The molecule has 5 nitrogen and oxygen atoms in total. The van der Waals surface area contributed by atoms with Crippen molar-refractivity contribution in [3.63, 3.8) is 0 Å². The van der Waals surface area contributed by atoms with Crippen LogP contribution < -0.4 is 15.4 Å². The van der Waals surface area contributed by atoms with E-state index in [9.17, 15) is 4.79 Å². The minimum absolute atomic E-state index is 0.0566. The Labute approximate surface area is 121 Å². The highest BCUT2D eigenvalue weighted by molar-refractivity contribution is 5.76. The van der Waals surface area contributed by atoms with Crippen molar-refractivity contribution in [2.45, 2.75) is 12.5 Å². The highest BCUT2D eigenvalue weighted by atomic mass is 16.5. The number of nitrogens with one attached hydrogen (secondary N) is 2. The van der Waals surface area contributed by atoms with Gasteiger partial charge in [-0.05, 0) is 27.2 Å². The van der Waals surface area contributed by atoms with Gasteiger partial charge in [-0.2, -0.15) is 0 Å². The molecule has 1 aromatic rings. The van der Waals surface area contributed by atoms with Gasteiger partial charge in [-0.3, -0.25) is 4.79 Å². The number of amides is 1. The average molecular weight is 279 g/mol. The maximum absolute atomic E-state index is 11.7. The quantitative estimate of drug-likeness (QED) is 0.746. The van der Waals surface area contributed by atoms with Crippen molar-refractivity contribution in [2.24, 2.45) is 0 Å². The van der Waals surface area contributed by atoms with Gasteiger partial charge < -0.3 is 20.3 Å². The number of nitrogens with zero attached hydrogens (tertiary/aromatic N) is 1. The van der Waals surface area contributed by atoms with E-state index in [2.05, 4.69) is 15.5 Å². The third-order valence-electron chi connectivity index (χ3n) is 3.22. The predicted octanol–water partition coefficient (Wildman–Crippen LogP) is 1.02. The fraction of sp³-hybridized carbons (Fsp3) is 0.533. The molecule has 0 saturated heterocycles. The first kappa shape index (κ1) is 16.5. The Morgan fingerprint density at radius 2 is 2.05 bits per heavy atom. The highest BCUT2D eigenvalue weighted by Crippen LogP contribution is 2.27. The van der Waals surface area contributed by atoms with Gasteiger partial charge in [-0.25, -0.2) is 0 Å². The first-order chi connectivity index (χ1) is 9.60. The molecule has 0 aliphatic heterocycles. The number of carbonyl (C=O) groups is 1. The lowest BCUT2D eigenvalue weighted by molar-refractivity contribution is -0.121. The molecule has 1 aromatic carbocycles. The molecule has 0 aliphatic rings. The van der Waals surface area contributed by atoms with Gasteiger partial charge in [0.05, 0.1) is 13.2 Å². The van der Waals surface area contributed by atoms with Crippen molar-refractivity contribution in [1.82, 2.24) is 15.5 Å². The van der Waals surface area contributed by atoms with Gasteiger partial charge in [0, 0.05) is 25.1 Å². The first-order valence-corrected chi connectivity index (χ1v) is 6.80. The second-order valence-corrected chi connectivity index (χ2v) is 4.88. The molecule has 1 unspecified atom stereocenters. The van der Waals surface area contributed by atoms with Crippen molar-refractivity contribution in [3.8, 4) is 5.75 Å². The summed E-state index contributed by atoms with van der Waals surface area (Å²) >= 11 is 0. The van der Waals surface area contributed by atoms with E-state index in [-0.39, 0.29) is 11.9 Å². The summed E-state index contributed by atoms with van der Waals surface area (Å²) in [6.45, 7) is 1.25. The maximum atomic E-state index is 11.7. The van der Waals surface area contributed by atoms with Crippen LogP contribution in [0.4, 0.5) is 0 Å². The lowest BCUT2D eigenvalue weighted by Gasteiger charge is -2.26. The molecule has 0 saturated carbocycles. The van der Waals surface area contributed by atoms with E-state index in [1.165, 1.54) is 0 Å². The van der Waals surface area contributed by atoms with E-state index in [4.69, 9.17) is 4.74 Å². The van der Waals surface area contributed by atoms with Gasteiger partial charge in [0.2, 0.25) is 5.91 Å². The van der Waals surface area contributed by atoms with Gasteiger partial charge >= 0.3 is 0 Å². The number of para-hydroxylation sites is 1. The molecule has 1 amide bonds. The Morgan fingerprint density at radius 3 is 2.65 bits per heavy atom. The number of hydrogen-bond donors (Lipinski definition) is 2. The number of hydrogen-bond acceptors (Lipinski definition) is 4. The third kappa shape index (κ3) is 4.83. The van der Waals surface area contributed by atoms with E-state index in [1.54, 1.807) is 7.11 Å². The van der Waals surface area contributed by atoms with Crippen LogP contribution in [-0.4, -0.2) is 52.1 Å². The zero-order valence-electron chi connectivity index (χ0n) is 12.8. The van der Waals surface area contributed by atoms with E-state index < -0.39 is 0 Å². The van der Waals surface area contributed by atoms with Gasteiger partial charge in [-0.15, -0.1) is 0 Å². The predicted molar refractivity (Wildman–Crippen MR) is 81.0 cm³/mol. The molecule has 5 heteroatoms. The summed E-state index contributed by atoms with van der Waals surface area (Å²) < 4.78 is 5.40. The molecular formula is C15H25N3O2. The summed E-state index contributed by atoms with van der Waals surface area (Å²) in [6, 6.07) is 7.99. The number of carbonyl (C=O) groups excluding carboxylic acids is 1. The number of methoxy groups -OCH3 is 1. The molecule has 2 N–H and O–H groups in total. The largest absolute Gasteiger partial charge is 0.496 e. The first-order valence-electron chi connectivity index (χ1n) is 6.80. The molecule has 0 fully saturated rings. The van der Waals surface area contributed by atoms with Crippen LogP contribution in [0.1, 0.15) is 18.0 Å². The van der Waals surface area contributed by atoms with Crippen molar-refractivity contribution in [3.05, 3.63) is 29.8 Å². The fourth-order valence-electron chi connectivity index (χ4n) is 2.05. The van der Waals surface area contributed by atoms with Crippen LogP contribution >= 0.6 is 0 Å². The molecule has 1 atom stereocenters. The summed E-state index contributed by atoms with van der Waals surface area (Å²) in [7, 11) is 7.50. The summed E-state index contributed by atoms with van der Waals surface area (Å²) in [4.78, 5) is 13.8. The summed E-state index contributed by atoms with van der Waals surface area (Å²) in [5.74, 6) is 0.900. The minimum atomic E-state index is 0.0566. The van der Waals surface area contributed by atoms with E-state index in [0.29, 0.717) is 19.5 Å². The molecule has 0 bridgehead atoms. The van der Waals surface area contributed by atoms with Crippen LogP contribution in [0.5, 0.6) is 5.75 Å². The molecule has 112 valence electrons. The topological polar surface area (TPSA) is 53.6 Å².